The summed E-state index contributed by atoms with van der Waals surface area (Å²) >= 11 is 0. The number of aliphatic hydroxyl groups excluding tert-OH is 1. The summed E-state index contributed by atoms with van der Waals surface area (Å²) in [5.74, 6) is 0.527. The van der Waals surface area contributed by atoms with Crippen LogP contribution in [0.2, 0.25) is 0 Å². The zero-order chi connectivity index (χ0) is 21.2. The number of ether oxygens (including phenoxy) is 3. The van der Waals surface area contributed by atoms with Crippen molar-refractivity contribution in [3.8, 4) is 5.75 Å². The maximum atomic E-state index is 11.6. The van der Waals surface area contributed by atoms with Crippen LogP contribution in [0.25, 0.3) is 0 Å². The van der Waals surface area contributed by atoms with E-state index in [4.69, 9.17) is 14.2 Å². The molecule has 1 aromatic rings. The topological polar surface area (TPSA) is 68.2 Å². The van der Waals surface area contributed by atoms with Gasteiger partial charge in [-0.1, -0.05) is 43.0 Å². The van der Waals surface area contributed by atoms with E-state index in [9.17, 15) is 10.2 Å². The van der Waals surface area contributed by atoms with Gasteiger partial charge in [0.25, 0.3) is 0 Å². The summed E-state index contributed by atoms with van der Waals surface area (Å²) in [5.41, 5.74) is 0.804. The minimum absolute atomic E-state index is 0.0345. The molecule has 1 saturated carbocycles. The number of benzene rings is 1. The molecule has 5 atom stereocenters. The smallest absolute Gasteiger partial charge is 0.147 e. The summed E-state index contributed by atoms with van der Waals surface area (Å²) < 4.78 is 16.6. The van der Waals surface area contributed by atoms with Crippen LogP contribution in [-0.4, -0.2) is 42.4 Å². The van der Waals surface area contributed by atoms with E-state index < -0.39 is 17.1 Å². The predicted octanol–water partition coefficient (Wildman–Crippen LogP) is 3.62. The van der Waals surface area contributed by atoms with Crippen molar-refractivity contribution in [2.24, 2.45) is 17.3 Å². The quantitative estimate of drug-likeness (QED) is 0.396. The molecule has 2 aliphatic carbocycles. The number of hydrogen-bond acceptors (Lipinski definition) is 5. The van der Waals surface area contributed by atoms with E-state index in [2.05, 4.69) is 19.2 Å². The first-order valence-electron chi connectivity index (χ1n) is 9.96. The molecular weight excluding hydrogens is 368 g/mol. The maximum absolute atomic E-state index is 11.6. The van der Waals surface area contributed by atoms with Crippen molar-refractivity contribution >= 4 is 0 Å². The molecule has 0 spiro atoms. The normalized spacial score (nSPS) is 33.6. The number of methoxy groups -OCH3 is 1. The molecule has 158 valence electrons. The Bertz CT molecular complexity index is 783. The van der Waals surface area contributed by atoms with Crippen LogP contribution in [0.1, 0.15) is 25.8 Å². The van der Waals surface area contributed by atoms with Crippen molar-refractivity contribution in [2.75, 3.05) is 20.5 Å². The predicted molar refractivity (Wildman–Crippen MR) is 112 cm³/mol. The van der Waals surface area contributed by atoms with Crippen LogP contribution in [0.15, 0.2) is 60.7 Å². The zero-order valence-corrected chi connectivity index (χ0v) is 17.6. The van der Waals surface area contributed by atoms with Gasteiger partial charge in [-0.2, -0.15) is 0 Å². The zero-order valence-electron chi connectivity index (χ0n) is 17.6. The SMILES string of the molecule is C=C(C)[C@@H]1C=C[C@@]2(C)C(=C)C(O)C[C@@]2(O)[C@H]1COCOCc1ccc(OC)cc1. The molecule has 2 N–H and O–H groups in total. The lowest BCUT2D eigenvalue weighted by Gasteiger charge is -2.49. The van der Waals surface area contributed by atoms with Crippen LogP contribution in [0.4, 0.5) is 0 Å². The summed E-state index contributed by atoms with van der Waals surface area (Å²) in [4.78, 5) is 0. The van der Waals surface area contributed by atoms with Crippen LogP contribution in [0, 0.1) is 17.3 Å². The van der Waals surface area contributed by atoms with Crippen LogP contribution in [0.3, 0.4) is 0 Å². The maximum Gasteiger partial charge on any atom is 0.147 e. The Morgan fingerprint density at radius 3 is 2.55 bits per heavy atom. The van der Waals surface area contributed by atoms with Gasteiger partial charge in [-0.3, -0.25) is 0 Å². The monoisotopic (exact) mass is 400 g/mol. The van der Waals surface area contributed by atoms with Gasteiger partial charge in [-0.15, -0.1) is 0 Å². The molecule has 0 bridgehead atoms. The van der Waals surface area contributed by atoms with E-state index in [1.54, 1.807) is 7.11 Å². The number of allylic oxidation sites excluding steroid dienone is 2. The highest BCUT2D eigenvalue weighted by Gasteiger charge is 2.62. The Morgan fingerprint density at radius 1 is 1.24 bits per heavy atom. The van der Waals surface area contributed by atoms with Gasteiger partial charge in [0, 0.05) is 23.7 Å². The van der Waals surface area contributed by atoms with Gasteiger partial charge in [0.2, 0.25) is 0 Å². The van der Waals surface area contributed by atoms with E-state index in [-0.39, 0.29) is 25.0 Å². The molecule has 0 saturated heterocycles. The highest BCUT2D eigenvalue weighted by molar-refractivity contribution is 5.39. The number of fused-ring (bicyclic) bond motifs is 1. The van der Waals surface area contributed by atoms with Crippen LogP contribution in [0.5, 0.6) is 5.75 Å². The highest BCUT2D eigenvalue weighted by atomic mass is 16.7. The standard InChI is InChI=1S/C24H32O5/c1-16(2)20-10-11-23(4)17(3)22(25)12-24(23,26)21(20)14-29-15-28-13-18-6-8-19(27-5)9-7-18/h6-11,20-22,25-26H,1,3,12-15H2,2,4-5H3/t20-,21-,22?,23-,24+/m0/s1. The molecule has 0 radical (unpaired) electrons. The van der Waals surface area contributed by atoms with Gasteiger partial charge in [0.15, 0.2) is 0 Å². The molecule has 29 heavy (non-hydrogen) atoms. The second-order valence-electron chi connectivity index (χ2n) is 8.39. The van der Waals surface area contributed by atoms with E-state index >= 15 is 0 Å². The molecule has 0 heterocycles. The van der Waals surface area contributed by atoms with Crippen molar-refractivity contribution in [1.29, 1.82) is 0 Å². The third kappa shape index (κ3) is 3.92. The van der Waals surface area contributed by atoms with Crippen LogP contribution >= 0.6 is 0 Å². The Labute approximate surface area is 173 Å². The van der Waals surface area contributed by atoms with Crippen molar-refractivity contribution in [2.45, 2.75) is 38.6 Å². The Balaban J connectivity index is 1.62. The Morgan fingerprint density at radius 2 is 1.93 bits per heavy atom. The molecule has 0 aromatic heterocycles. The number of rotatable bonds is 8. The number of hydrogen-bond donors (Lipinski definition) is 2. The highest BCUT2D eigenvalue weighted by Crippen LogP contribution is 2.58. The second kappa shape index (κ2) is 8.44. The van der Waals surface area contributed by atoms with E-state index in [1.165, 1.54) is 0 Å². The average Bonchev–Trinajstić information content (AvgIpc) is 2.88. The summed E-state index contributed by atoms with van der Waals surface area (Å²) in [6.07, 6.45) is 3.55. The largest absolute Gasteiger partial charge is 0.497 e. The van der Waals surface area contributed by atoms with Crippen LogP contribution < -0.4 is 4.74 Å². The molecule has 0 aliphatic heterocycles. The molecule has 1 fully saturated rings. The minimum atomic E-state index is -1.14. The molecule has 5 nitrogen and oxygen atoms in total. The van der Waals surface area contributed by atoms with E-state index in [0.717, 1.165) is 16.9 Å². The fraction of sp³-hybridized carbons (Fsp3) is 0.500. The molecule has 5 heteroatoms. The first-order chi connectivity index (χ1) is 13.7. The van der Waals surface area contributed by atoms with Crippen molar-refractivity contribution < 1.29 is 24.4 Å². The fourth-order valence-electron chi connectivity index (χ4n) is 4.63. The van der Waals surface area contributed by atoms with Crippen LogP contribution in [-0.2, 0) is 16.1 Å². The second-order valence-corrected chi connectivity index (χ2v) is 8.39. The lowest BCUT2D eigenvalue weighted by atomic mass is 9.59. The molecule has 3 rings (SSSR count). The summed E-state index contributed by atoms with van der Waals surface area (Å²) in [5, 5.41) is 22.0. The Kier molecular flexibility index (Phi) is 6.34. The Hall–Kier alpha value is -1.92. The first kappa shape index (κ1) is 21.8. The van der Waals surface area contributed by atoms with Crippen molar-refractivity contribution in [3.05, 3.63) is 66.3 Å². The minimum Gasteiger partial charge on any atom is -0.497 e. The molecule has 1 unspecified atom stereocenters. The van der Waals surface area contributed by atoms with Crippen molar-refractivity contribution in [1.82, 2.24) is 0 Å². The molecular formula is C24H32O5. The lowest BCUT2D eigenvalue weighted by molar-refractivity contribution is -0.140. The summed E-state index contributed by atoms with van der Waals surface area (Å²) in [7, 11) is 1.63. The van der Waals surface area contributed by atoms with Gasteiger partial charge in [0.1, 0.15) is 12.5 Å². The summed E-state index contributed by atoms with van der Waals surface area (Å²) in [6.45, 7) is 12.9. The molecule has 1 aromatic carbocycles. The van der Waals surface area contributed by atoms with Gasteiger partial charge in [-0.25, -0.2) is 0 Å². The van der Waals surface area contributed by atoms with Gasteiger partial charge in [0.05, 0.1) is 32.0 Å². The molecule has 2 aliphatic rings. The average molecular weight is 401 g/mol. The van der Waals surface area contributed by atoms with E-state index in [1.807, 2.05) is 44.2 Å². The summed E-state index contributed by atoms with van der Waals surface area (Å²) in [6, 6.07) is 7.67. The van der Waals surface area contributed by atoms with Gasteiger partial charge in [-0.05, 0) is 37.1 Å². The van der Waals surface area contributed by atoms with E-state index in [0.29, 0.717) is 18.8 Å². The van der Waals surface area contributed by atoms with Gasteiger partial charge < -0.3 is 24.4 Å². The third-order valence-corrected chi connectivity index (χ3v) is 6.62. The third-order valence-electron chi connectivity index (χ3n) is 6.62. The first-order valence-corrected chi connectivity index (χ1v) is 9.96. The fourth-order valence-corrected chi connectivity index (χ4v) is 4.63. The lowest BCUT2D eigenvalue weighted by Crippen LogP contribution is -2.54. The molecule has 0 amide bonds. The van der Waals surface area contributed by atoms with Crippen molar-refractivity contribution in [3.63, 3.8) is 0 Å². The number of aliphatic hydroxyl groups is 2. The van der Waals surface area contributed by atoms with Gasteiger partial charge >= 0.3 is 0 Å².